The maximum absolute atomic E-state index is 13.5. The van der Waals surface area contributed by atoms with Crippen LogP contribution < -0.4 is 5.32 Å². The number of esters is 1. The molecule has 184 valence electrons. The number of nitrogens with one attached hydrogen (secondary N) is 1. The summed E-state index contributed by atoms with van der Waals surface area (Å²) in [6.45, 7) is 0. The number of benzene rings is 3. The molecule has 0 radical (unpaired) electrons. The molecule has 0 spiro atoms. The number of nitrogens with zero attached hydrogens (tertiary/aromatic N) is 1. The van der Waals surface area contributed by atoms with E-state index in [-0.39, 0.29) is 16.8 Å². The molecule has 0 aliphatic carbocycles. The number of rotatable bonds is 6. The van der Waals surface area contributed by atoms with Crippen LogP contribution >= 0.6 is 0 Å². The van der Waals surface area contributed by atoms with Crippen molar-refractivity contribution in [1.29, 1.82) is 0 Å². The van der Waals surface area contributed by atoms with Gasteiger partial charge in [-0.25, -0.2) is 4.79 Å². The van der Waals surface area contributed by atoms with E-state index in [0.29, 0.717) is 11.1 Å². The quantitative estimate of drug-likeness (QED) is 0.220. The molecular weight excluding hydrogens is 477 g/mol. The molecule has 1 N–H and O–H groups in total. The van der Waals surface area contributed by atoms with Crippen LogP contribution in [0.3, 0.4) is 0 Å². The number of ether oxygens (including phenoxy) is 1. The van der Waals surface area contributed by atoms with Gasteiger partial charge in [-0.1, -0.05) is 54.6 Å². The molecule has 0 bridgehead atoms. The minimum atomic E-state index is -4.57. The van der Waals surface area contributed by atoms with Crippen molar-refractivity contribution < 1.29 is 32.4 Å². The van der Waals surface area contributed by atoms with Crippen LogP contribution in [0.4, 0.5) is 18.9 Å². The van der Waals surface area contributed by atoms with E-state index in [0.717, 1.165) is 24.3 Å². The molecule has 0 saturated heterocycles. The number of Topliss-reactive ketones (excluding diaryl/α,β-unsaturated/α-hetero) is 1. The minimum absolute atomic E-state index is 0.0170. The second-order valence-corrected chi connectivity index (χ2v) is 8.10. The Morgan fingerprint density at radius 3 is 2.11 bits per heavy atom. The molecular formula is C26H19F3N2O5. The molecule has 3 aromatic carbocycles. The fraction of sp³-hybridized carbons (Fsp3) is 0.154. The third-order valence-electron chi connectivity index (χ3n) is 5.97. The number of methoxy groups -OCH3 is 1. The number of non-ortho nitro benzene ring substituents is 1. The van der Waals surface area contributed by atoms with E-state index < -0.39 is 40.0 Å². The van der Waals surface area contributed by atoms with Crippen LogP contribution in [-0.4, -0.2) is 23.8 Å². The lowest BCUT2D eigenvalue weighted by Crippen LogP contribution is -2.46. The van der Waals surface area contributed by atoms with Gasteiger partial charge in [0.2, 0.25) is 0 Å². The molecule has 1 aliphatic heterocycles. The molecule has 36 heavy (non-hydrogen) atoms. The number of halogens is 3. The van der Waals surface area contributed by atoms with Gasteiger partial charge in [0, 0.05) is 23.3 Å². The van der Waals surface area contributed by atoms with Gasteiger partial charge < -0.3 is 4.74 Å². The van der Waals surface area contributed by atoms with Crippen molar-refractivity contribution in [3.63, 3.8) is 0 Å². The lowest BCUT2D eigenvalue weighted by Gasteiger charge is -2.28. The molecule has 0 saturated carbocycles. The predicted molar refractivity (Wildman–Crippen MR) is 123 cm³/mol. The Balaban J connectivity index is 1.84. The monoisotopic (exact) mass is 496 g/mol. The number of carbonyl (C=O) groups is 2. The first kappa shape index (κ1) is 24.8. The second kappa shape index (κ2) is 9.38. The first-order valence-electron chi connectivity index (χ1n) is 10.7. The molecule has 0 amide bonds. The number of hydrogen-bond donors (Lipinski definition) is 1. The highest BCUT2D eigenvalue weighted by Crippen LogP contribution is 2.41. The van der Waals surface area contributed by atoms with Crippen LogP contribution in [0.15, 0.2) is 90.5 Å². The van der Waals surface area contributed by atoms with Gasteiger partial charge in [0.1, 0.15) is 0 Å². The summed E-state index contributed by atoms with van der Waals surface area (Å²) in [5, 5.41) is 14.2. The maximum atomic E-state index is 13.5. The van der Waals surface area contributed by atoms with Gasteiger partial charge in [-0.05, 0) is 29.3 Å². The van der Waals surface area contributed by atoms with E-state index in [9.17, 15) is 32.9 Å². The van der Waals surface area contributed by atoms with Crippen molar-refractivity contribution >= 4 is 17.4 Å². The number of alkyl halides is 3. The fourth-order valence-electron chi connectivity index (χ4n) is 4.15. The van der Waals surface area contributed by atoms with Gasteiger partial charge in [0.05, 0.1) is 23.6 Å². The van der Waals surface area contributed by atoms with Crippen molar-refractivity contribution in [1.82, 2.24) is 5.32 Å². The Kier molecular flexibility index (Phi) is 6.47. The van der Waals surface area contributed by atoms with Gasteiger partial charge in [-0.2, -0.15) is 13.2 Å². The normalized spacial score (nSPS) is 19.4. The van der Waals surface area contributed by atoms with E-state index >= 15 is 0 Å². The zero-order valence-electron chi connectivity index (χ0n) is 18.8. The zero-order chi connectivity index (χ0) is 26.1. The van der Waals surface area contributed by atoms with Crippen LogP contribution in [0.5, 0.6) is 0 Å². The van der Waals surface area contributed by atoms with Crippen molar-refractivity contribution in [2.24, 2.45) is 0 Å². The van der Waals surface area contributed by atoms with Gasteiger partial charge >= 0.3 is 12.1 Å². The van der Waals surface area contributed by atoms with Crippen molar-refractivity contribution in [2.75, 3.05) is 7.11 Å². The summed E-state index contributed by atoms with van der Waals surface area (Å²) in [5.74, 6) is -1.32. The topological polar surface area (TPSA) is 98.5 Å². The van der Waals surface area contributed by atoms with Crippen molar-refractivity contribution in [3.8, 4) is 0 Å². The average molecular weight is 496 g/mol. The fourth-order valence-corrected chi connectivity index (χ4v) is 4.15. The van der Waals surface area contributed by atoms with Crippen LogP contribution in [-0.2, 0) is 21.2 Å². The number of nitro groups is 1. The molecule has 1 heterocycles. The van der Waals surface area contributed by atoms with E-state index in [1.54, 1.807) is 30.3 Å². The summed E-state index contributed by atoms with van der Waals surface area (Å²) in [6, 6.07) is 16.7. The van der Waals surface area contributed by atoms with E-state index in [1.807, 2.05) is 0 Å². The van der Waals surface area contributed by atoms with E-state index in [4.69, 9.17) is 4.74 Å². The highest BCUT2D eigenvalue weighted by atomic mass is 19.4. The smallest absolute Gasteiger partial charge is 0.416 e. The third kappa shape index (κ3) is 4.50. The lowest BCUT2D eigenvalue weighted by atomic mass is 9.89. The zero-order valence-corrected chi connectivity index (χ0v) is 18.8. The van der Waals surface area contributed by atoms with E-state index in [2.05, 4.69) is 5.32 Å². The van der Waals surface area contributed by atoms with Crippen molar-refractivity contribution in [2.45, 2.75) is 17.8 Å². The highest BCUT2D eigenvalue weighted by Gasteiger charge is 2.49. The Labute approximate surface area is 203 Å². The number of hydrogen-bond acceptors (Lipinski definition) is 6. The summed E-state index contributed by atoms with van der Waals surface area (Å²) in [5.41, 5.74) is -1.68. The Morgan fingerprint density at radius 2 is 1.58 bits per heavy atom. The molecule has 1 aliphatic rings. The number of ketones is 1. The largest absolute Gasteiger partial charge is 0.467 e. The first-order valence-corrected chi connectivity index (χ1v) is 10.7. The Hall–Kier alpha value is -4.31. The molecule has 0 fully saturated rings. The summed E-state index contributed by atoms with van der Waals surface area (Å²) < 4.78 is 44.1. The molecule has 2 atom stereocenters. The SMILES string of the molecule is COC(=O)[C@]1(c2ccccc2)C=C(C(=O)c2ccc(C(F)(F)F)cc2)[C@H](c2ccc([N+](=O)[O-])cc2)N1. The molecule has 3 aromatic rings. The van der Waals surface area contributed by atoms with E-state index in [1.165, 1.54) is 37.5 Å². The van der Waals surface area contributed by atoms with Gasteiger partial charge in [0.25, 0.3) is 5.69 Å². The van der Waals surface area contributed by atoms with Gasteiger partial charge in [-0.15, -0.1) is 0 Å². The molecule has 0 aromatic heterocycles. The Morgan fingerprint density at radius 1 is 0.972 bits per heavy atom. The molecule has 10 heteroatoms. The first-order chi connectivity index (χ1) is 17.1. The number of nitro benzene ring substituents is 1. The summed E-state index contributed by atoms with van der Waals surface area (Å²) in [4.78, 5) is 37.1. The summed E-state index contributed by atoms with van der Waals surface area (Å²) in [6.07, 6.45) is -3.16. The predicted octanol–water partition coefficient (Wildman–Crippen LogP) is 5.14. The average Bonchev–Trinajstić information content (AvgIpc) is 3.30. The van der Waals surface area contributed by atoms with Crippen molar-refractivity contribution in [3.05, 3.63) is 123 Å². The maximum Gasteiger partial charge on any atom is 0.416 e. The van der Waals surface area contributed by atoms with Crippen LogP contribution in [0.25, 0.3) is 0 Å². The third-order valence-corrected chi connectivity index (χ3v) is 5.97. The lowest BCUT2D eigenvalue weighted by molar-refractivity contribution is -0.384. The van der Waals surface area contributed by atoms with Gasteiger partial charge in [0.15, 0.2) is 11.3 Å². The standard InChI is InChI=1S/C26H19F3N2O5/c1-36-24(33)25(18-5-3-2-4-6-18)15-21(22(30-25)16-9-13-20(14-10-16)31(34)35)23(32)17-7-11-19(12-8-17)26(27,28)29/h2-15,22,30H,1H3/t22-,25+/m0/s1. The Bertz CT molecular complexity index is 1340. The minimum Gasteiger partial charge on any atom is -0.467 e. The molecule has 7 nitrogen and oxygen atoms in total. The van der Waals surface area contributed by atoms with Gasteiger partial charge in [-0.3, -0.25) is 20.2 Å². The molecule has 0 unspecified atom stereocenters. The number of carbonyl (C=O) groups excluding carboxylic acids is 2. The van der Waals surface area contributed by atoms with Crippen LogP contribution in [0.2, 0.25) is 0 Å². The molecule has 4 rings (SSSR count). The summed E-state index contributed by atoms with van der Waals surface area (Å²) >= 11 is 0. The second-order valence-electron chi connectivity index (χ2n) is 8.10. The van der Waals surface area contributed by atoms with Crippen LogP contribution in [0, 0.1) is 10.1 Å². The van der Waals surface area contributed by atoms with Crippen LogP contribution in [0.1, 0.15) is 33.1 Å². The highest BCUT2D eigenvalue weighted by molar-refractivity contribution is 6.11. The summed E-state index contributed by atoms with van der Waals surface area (Å²) in [7, 11) is 1.19.